The lowest BCUT2D eigenvalue weighted by Crippen LogP contribution is -2.30. The van der Waals surface area contributed by atoms with Gasteiger partial charge in [-0.2, -0.15) is 13.8 Å². The molecule has 0 bridgehead atoms. The minimum Gasteiger partial charge on any atom is -0.284 e. The number of hydrogen-bond acceptors (Lipinski definition) is 6. The monoisotopic (exact) mass is 364 g/mol. The van der Waals surface area contributed by atoms with Crippen LogP contribution < -0.4 is 4.90 Å². The van der Waals surface area contributed by atoms with E-state index in [9.17, 15) is 22.4 Å². The van der Waals surface area contributed by atoms with Gasteiger partial charge in [0.1, 0.15) is 0 Å². The zero-order valence-electron chi connectivity index (χ0n) is 11.5. The highest BCUT2D eigenvalue weighted by Gasteiger charge is 2.34. The molecule has 2 aromatic heterocycles. The maximum absolute atomic E-state index is 13.6. The third-order valence-electron chi connectivity index (χ3n) is 3.00. The molecular formula is C12H8F4N4OS2. The molecule has 1 aliphatic rings. The van der Waals surface area contributed by atoms with Crippen LogP contribution in [0, 0.1) is 23.5 Å². The molecule has 1 aliphatic carbocycles. The van der Waals surface area contributed by atoms with Crippen LogP contribution in [0.2, 0.25) is 0 Å². The lowest BCUT2D eigenvalue weighted by molar-refractivity contribution is -0.116. The molecular weight excluding hydrogens is 356 g/mol. The third kappa shape index (κ3) is 3.15. The average Bonchev–Trinajstić information content (AvgIpc) is 3.20. The second kappa shape index (κ2) is 6.04. The lowest BCUT2D eigenvalue weighted by Gasteiger charge is -2.15. The van der Waals surface area contributed by atoms with E-state index in [0.29, 0.717) is 11.8 Å². The predicted octanol–water partition coefficient (Wildman–Crippen LogP) is 3.16. The van der Waals surface area contributed by atoms with Crippen LogP contribution in [0.15, 0.2) is 9.24 Å². The number of carbonyl (C=O) groups is 1. The molecule has 1 amide bonds. The van der Waals surface area contributed by atoms with Crippen LogP contribution in [0.1, 0.15) is 19.8 Å². The zero-order valence-corrected chi connectivity index (χ0v) is 13.2. The normalized spacial score (nSPS) is 14.1. The highest BCUT2D eigenvalue weighted by molar-refractivity contribution is 8.01. The van der Waals surface area contributed by atoms with Crippen LogP contribution in [0.25, 0.3) is 0 Å². The average molecular weight is 364 g/mol. The molecule has 0 spiro atoms. The van der Waals surface area contributed by atoms with E-state index in [0.717, 1.165) is 24.2 Å². The largest absolute Gasteiger partial charge is 0.284 e. The number of aromatic nitrogens is 3. The molecule has 0 aromatic carbocycles. The van der Waals surface area contributed by atoms with Crippen molar-refractivity contribution in [2.24, 2.45) is 0 Å². The van der Waals surface area contributed by atoms with Gasteiger partial charge in [0, 0.05) is 13.0 Å². The van der Waals surface area contributed by atoms with Gasteiger partial charge in [-0.3, -0.25) is 9.69 Å². The van der Waals surface area contributed by atoms with E-state index in [-0.39, 0.29) is 21.4 Å². The van der Waals surface area contributed by atoms with E-state index in [1.165, 1.54) is 11.8 Å². The number of halogens is 4. The summed E-state index contributed by atoms with van der Waals surface area (Å²) in [7, 11) is 0. The fourth-order valence-corrected chi connectivity index (χ4v) is 3.81. The number of nitrogens with zero attached hydrogens (tertiary/aromatic N) is 4. The molecule has 23 heavy (non-hydrogen) atoms. The summed E-state index contributed by atoms with van der Waals surface area (Å²) in [6, 6.07) is 0.0441. The Kier molecular flexibility index (Phi) is 4.23. The molecule has 0 saturated heterocycles. The van der Waals surface area contributed by atoms with Crippen LogP contribution in [0.3, 0.4) is 0 Å². The molecule has 0 N–H and O–H groups in total. The van der Waals surface area contributed by atoms with Gasteiger partial charge in [0.25, 0.3) is 11.9 Å². The summed E-state index contributed by atoms with van der Waals surface area (Å²) in [5.41, 5.74) is 0. The Morgan fingerprint density at radius 2 is 1.78 bits per heavy atom. The van der Waals surface area contributed by atoms with E-state index in [4.69, 9.17) is 0 Å². The molecule has 0 radical (unpaired) electrons. The van der Waals surface area contributed by atoms with Gasteiger partial charge in [-0.05, 0) is 12.8 Å². The first-order valence-corrected chi connectivity index (χ1v) is 8.03. The number of pyridine rings is 1. The highest BCUT2D eigenvalue weighted by Crippen LogP contribution is 2.39. The minimum absolute atomic E-state index is 0.0441. The van der Waals surface area contributed by atoms with Crippen LogP contribution >= 0.6 is 23.1 Å². The standard InChI is InChI=1S/C12H8F4N4OS2/c1-4(21)20(5-2-3-5)11-18-19-12(23-11)22-8-6(13)9(15)17-10(16)7(8)14/h5H,2-3H2,1H3. The van der Waals surface area contributed by atoms with E-state index in [1.807, 2.05) is 0 Å². The van der Waals surface area contributed by atoms with Crippen molar-refractivity contribution in [3.8, 4) is 0 Å². The van der Waals surface area contributed by atoms with Gasteiger partial charge < -0.3 is 0 Å². The Balaban J connectivity index is 1.89. The predicted molar refractivity (Wildman–Crippen MR) is 74.3 cm³/mol. The van der Waals surface area contributed by atoms with Crippen molar-refractivity contribution in [3.63, 3.8) is 0 Å². The summed E-state index contributed by atoms with van der Waals surface area (Å²) in [4.78, 5) is 14.7. The molecule has 0 unspecified atom stereocenters. The van der Waals surface area contributed by atoms with E-state index < -0.39 is 28.4 Å². The van der Waals surface area contributed by atoms with Gasteiger partial charge in [0.2, 0.25) is 11.0 Å². The zero-order chi connectivity index (χ0) is 16.7. The van der Waals surface area contributed by atoms with Crippen molar-refractivity contribution in [2.45, 2.75) is 35.0 Å². The molecule has 2 aromatic rings. The van der Waals surface area contributed by atoms with Crippen molar-refractivity contribution in [1.82, 2.24) is 15.2 Å². The van der Waals surface area contributed by atoms with Crippen LogP contribution in [-0.2, 0) is 4.79 Å². The number of anilines is 1. The number of amides is 1. The van der Waals surface area contributed by atoms with Crippen molar-refractivity contribution in [1.29, 1.82) is 0 Å². The first-order valence-electron chi connectivity index (χ1n) is 6.39. The van der Waals surface area contributed by atoms with Crippen LogP contribution in [-0.4, -0.2) is 27.1 Å². The molecule has 2 heterocycles. The second-order valence-corrected chi connectivity index (χ2v) is 6.94. The summed E-state index contributed by atoms with van der Waals surface area (Å²) in [5, 5.41) is 7.79. The SMILES string of the molecule is CC(=O)N(c1nnc(Sc2c(F)c(F)nc(F)c2F)s1)C1CC1. The van der Waals surface area contributed by atoms with Gasteiger partial charge in [0.15, 0.2) is 16.0 Å². The number of rotatable bonds is 4. The Morgan fingerprint density at radius 1 is 1.17 bits per heavy atom. The van der Waals surface area contributed by atoms with Crippen LogP contribution in [0.4, 0.5) is 22.7 Å². The summed E-state index contributed by atoms with van der Waals surface area (Å²) < 4.78 is 53.4. The van der Waals surface area contributed by atoms with Crippen molar-refractivity contribution in [3.05, 3.63) is 23.5 Å². The van der Waals surface area contributed by atoms with Gasteiger partial charge >= 0.3 is 0 Å². The lowest BCUT2D eigenvalue weighted by atomic mass is 10.4. The molecule has 0 atom stereocenters. The number of carbonyl (C=O) groups excluding carboxylic acids is 1. The molecule has 1 saturated carbocycles. The minimum atomic E-state index is -1.74. The summed E-state index contributed by atoms with van der Waals surface area (Å²) in [6.45, 7) is 1.37. The topological polar surface area (TPSA) is 59.0 Å². The number of hydrogen-bond donors (Lipinski definition) is 0. The third-order valence-corrected chi connectivity index (χ3v) is 5.04. The summed E-state index contributed by atoms with van der Waals surface area (Å²) >= 11 is 1.30. The first kappa shape index (κ1) is 16.1. The fourth-order valence-electron chi connectivity index (χ4n) is 1.87. The molecule has 1 fully saturated rings. The van der Waals surface area contributed by atoms with Gasteiger partial charge in [-0.1, -0.05) is 23.1 Å². The van der Waals surface area contributed by atoms with E-state index >= 15 is 0 Å². The van der Waals surface area contributed by atoms with Crippen molar-refractivity contribution in [2.75, 3.05) is 4.90 Å². The van der Waals surface area contributed by atoms with Gasteiger partial charge in [0.05, 0.1) is 4.90 Å². The summed E-state index contributed by atoms with van der Waals surface area (Å²) in [5.74, 6) is -6.90. The Morgan fingerprint density at radius 3 is 2.30 bits per heavy atom. The maximum atomic E-state index is 13.6. The van der Waals surface area contributed by atoms with E-state index in [2.05, 4.69) is 15.2 Å². The Hall–Kier alpha value is -1.75. The smallest absolute Gasteiger partial charge is 0.252 e. The first-order chi connectivity index (χ1) is 10.9. The maximum Gasteiger partial charge on any atom is 0.252 e. The molecule has 122 valence electrons. The van der Waals surface area contributed by atoms with Crippen LogP contribution in [0.5, 0.6) is 0 Å². The van der Waals surface area contributed by atoms with Crippen molar-refractivity contribution < 1.29 is 22.4 Å². The van der Waals surface area contributed by atoms with Gasteiger partial charge in [-0.25, -0.2) is 8.78 Å². The van der Waals surface area contributed by atoms with Crippen molar-refractivity contribution >= 4 is 34.1 Å². The second-order valence-electron chi connectivity index (χ2n) is 4.72. The fraction of sp³-hybridized carbons (Fsp3) is 0.333. The molecule has 3 rings (SSSR count). The highest BCUT2D eigenvalue weighted by atomic mass is 32.2. The van der Waals surface area contributed by atoms with Gasteiger partial charge in [-0.15, -0.1) is 10.2 Å². The quantitative estimate of drug-likeness (QED) is 0.474. The van der Waals surface area contributed by atoms with E-state index in [1.54, 1.807) is 0 Å². The Bertz CT molecular complexity index is 754. The summed E-state index contributed by atoms with van der Waals surface area (Å²) in [6.07, 6.45) is 1.68. The molecule has 0 aliphatic heterocycles. The molecule has 5 nitrogen and oxygen atoms in total. The Labute approximate surface area is 135 Å². The molecule has 11 heteroatoms.